The van der Waals surface area contributed by atoms with E-state index in [-0.39, 0.29) is 28.7 Å². The number of hydrogen-bond donors (Lipinski definition) is 1. The molecule has 3 atom stereocenters. The fraction of sp³-hybridized carbons (Fsp3) is 0.625. The maximum absolute atomic E-state index is 11.9. The average molecular weight is 373 g/mol. The molecule has 24 heavy (non-hydrogen) atoms. The lowest BCUT2D eigenvalue weighted by molar-refractivity contribution is -0.143. The zero-order valence-electron chi connectivity index (χ0n) is 14.1. The normalized spacial score (nSPS) is 23.7. The quantitative estimate of drug-likeness (QED) is 0.734. The second-order valence-electron chi connectivity index (χ2n) is 5.29. The van der Waals surface area contributed by atoms with Crippen molar-refractivity contribution in [3.05, 3.63) is 21.9 Å². The summed E-state index contributed by atoms with van der Waals surface area (Å²) in [6.07, 6.45) is 1.44. The molecule has 1 aromatic rings. The predicted octanol–water partition coefficient (Wildman–Crippen LogP) is 2.08. The fourth-order valence-corrected chi connectivity index (χ4v) is 4.82. The molecule has 2 rings (SSSR count). The van der Waals surface area contributed by atoms with Crippen LogP contribution in [0.4, 0.5) is 0 Å². The molecule has 0 radical (unpaired) electrons. The number of ether oxygens (including phenoxy) is 3. The average Bonchev–Trinajstić information content (AvgIpc) is 3.08. The molecule has 1 aromatic heterocycles. The highest BCUT2D eigenvalue weighted by Gasteiger charge is 2.36. The van der Waals surface area contributed by atoms with Crippen LogP contribution in [0, 0.1) is 0 Å². The standard InChI is InChI=1S/C16H23NO5S2/c1-4-22-15(18)12-8-7-10(23-12)5-6-11-9-17-14(20-2)13(24-11)16(19)21-3/h7-8,11,13-14,17H,4-6,9H2,1-3H3/t11-,13?,14?/m1/s1. The van der Waals surface area contributed by atoms with Crippen molar-refractivity contribution in [3.63, 3.8) is 0 Å². The lowest BCUT2D eigenvalue weighted by Gasteiger charge is -2.34. The first-order valence-corrected chi connectivity index (χ1v) is 9.60. The number of thioether (sulfide) groups is 1. The number of carbonyl (C=O) groups is 2. The Balaban J connectivity index is 1.88. The van der Waals surface area contributed by atoms with Crippen LogP contribution >= 0.6 is 23.1 Å². The SMILES string of the molecule is CCOC(=O)c1ccc(CC[C@@H]2CNC(OC)C(C(=O)OC)S2)s1. The highest BCUT2D eigenvalue weighted by molar-refractivity contribution is 8.01. The van der Waals surface area contributed by atoms with E-state index in [1.807, 2.05) is 12.1 Å². The molecule has 134 valence electrons. The third-order valence-corrected chi connectivity index (χ3v) is 6.34. The van der Waals surface area contributed by atoms with E-state index in [1.54, 1.807) is 25.8 Å². The van der Waals surface area contributed by atoms with Crippen LogP contribution in [0.2, 0.25) is 0 Å². The van der Waals surface area contributed by atoms with Crippen LogP contribution in [0.3, 0.4) is 0 Å². The zero-order valence-corrected chi connectivity index (χ0v) is 15.7. The Morgan fingerprint density at radius 3 is 2.79 bits per heavy atom. The minimum Gasteiger partial charge on any atom is -0.468 e. The van der Waals surface area contributed by atoms with Crippen molar-refractivity contribution in [2.75, 3.05) is 27.4 Å². The van der Waals surface area contributed by atoms with Crippen molar-refractivity contribution in [2.45, 2.75) is 36.5 Å². The van der Waals surface area contributed by atoms with E-state index in [0.717, 1.165) is 24.3 Å². The van der Waals surface area contributed by atoms with Crippen molar-refractivity contribution in [1.29, 1.82) is 0 Å². The summed E-state index contributed by atoms with van der Waals surface area (Å²) >= 11 is 3.05. The summed E-state index contributed by atoms with van der Waals surface area (Å²) in [4.78, 5) is 25.3. The second kappa shape index (κ2) is 9.41. The van der Waals surface area contributed by atoms with Crippen LogP contribution in [-0.2, 0) is 25.4 Å². The molecule has 0 spiro atoms. The van der Waals surface area contributed by atoms with Gasteiger partial charge in [-0.3, -0.25) is 10.1 Å². The lowest BCUT2D eigenvalue weighted by Crippen LogP contribution is -2.51. The Hall–Kier alpha value is -1.09. The van der Waals surface area contributed by atoms with Crippen LogP contribution in [0.1, 0.15) is 27.9 Å². The monoisotopic (exact) mass is 373 g/mol. The highest BCUT2D eigenvalue weighted by atomic mass is 32.2. The van der Waals surface area contributed by atoms with Gasteiger partial charge < -0.3 is 14.2 Å². The van der Waals surface area contributed by atoms with Gasteiger partial charge in [0.25, 0.3) is 0 Å². The molecule has 0 amide bonds. The van der Waals surface area contributed by atoms with E-state index in [9.17, 15) is 9.59 Å². The number of hydrogen-bond acceptors (Lipinski definition) is 8. The molecule has 6 nitrogen and oxygen atoms in total. The Morgan fingerprint density at radius 1 is 1.33 bits per heavy atom. The molecule has 0 aliphatic carbocycles. The van der Waals surface area contributed by atoms with Crippen molar-refractivity contribution in [1.82, 2.24) is 5.32 Å². The molecule has 1 saturated heterocycles. The molecule has 2 heterocycles. The fourth-order valence-electron chi connectivity index (χ4n) is 2.48. The van der Waals surface area contributed by atoms with Gasteiger partial charge in [-0.25, -0.2) is 4.79 Å². The number of rotatable bonds is 7. The molecular weight excluding hydrogens is 350 g/mol. The third-order valence-electron chi connectivity index (χ3n) is 3.70. The van der Waals surface area contributed by atoms with E-state index >= 15 is 0 Å². The van der Waals surface area contributed by atoms with Crippen LogP contribution in [0.5, 0.6) is 0 Å². The zero-order chi connectivity index (χ0) is 17.5. The van der Waals surface area contributed by atoms with Gasteiger partial charge in [0.05, 0.1) is 13.7 Å². The van der Waals surface area contributed by atoms with E-state index in [2.05, 4.69) is 5.32 Å². The summed E-state index contributed by atoms with van der Waals surface area (Å²) < 4.78 is 15.2. The minimum atomic E-state index is -0.364. The second-order valence-corrected chi connectivity index (χ2v) is 7.91. The number of nitrogens with one attached hydrogen (secondary N) is 1. The molecule has 1 aliphatic heterocycles. The first kappa shape index (κ1) is 19.2. The van der Waals surface area contributed by atoms with E-state index in [1.165, 1.54) is 18.4 Å². The predicted molar refractivity (Wildman–Crippen MR) is 94.6 cm³/mol. The lowest BCUT2D eigenvalue weighted by atomic mass is 10.2. The van der Waals surface area contributed by atoms with Gasteiger partial charge in [-0.1, -0.05) is 0 Å². The van der Waals surface area contributed by atoms with Crippen molar-refractivity contribution < 1.29 is 23.8 Å². The summed E-state index contributed by atoms with van der Waals surface area (Å²) in [6, 6.07) is 3.77. The maximum atomic E-state index is 11.9. The summed E-state index contributed by atoms with van der Waals surface area (Å²) in [5.74, 6) is -0.541. The minimum absolute atomic E-state index is 0.267. The van der Waals surface area contributed by atoms with Crippen molar-refractivity contribution in [3.8, 4) is 0 Å². The van der Waals surface area contributed by atoms with Gasteiger partial charge in [0, 0.05) is 23.8 Å². The maximum Gasteiger partial charge on any atom is 0.348 e. The largest absolute Gasteiger partial charge is 0.468 e. The first-order chi connectivity index (χ1) is 11.6. The first-order valence-electron chi connectivity index (χ1n) is 7.84. The summed E-state index contributed by atoms with van der Waals surface area (Å²) in [5, 5.41) is 3.17. The molecule has 1 N–H and O–H groups in total. The topological polar surface area (TPSA) is 73.9 Å². The number of methoxy groups -OCH3 is 2. The molecule has 1 aliphatic rings. The van der Waals surface area contributed by atoms with Crippen LogP contribution in [-0.4, -0.2) is 56.0 Å². The van der Waals surface area contributed by atoms with Crippen LogP contribution in [0.15, 0.2) is 12.1 Å². The van der Waals surface area contributed by atoms with E-state index in [0.29, 0.717) is 11.5 Å². The smallest absolute Gasteiger partial charge is 0.348 e. The number of aryl methyl sites for hydroxylation is 1. The molecule has 8 heteroatoms. The van der Waals surface area contributed by atoms with Gasteiger partial charge in [-0.15, -0.1) is 23.1 Å². The van der Waals surface area contributed by atoms with Crippen LogP contribution in [0.25, 0.3) is 0 Å². The molecule has 1 fully saturated rings. The molecule has 0 aromatic carbocycles. The van der Waals surface area contributed by atoms with Crippen molar-refractivity contribution >= 4 is 35.0 Å². The molecule has 0 saturated carbocycles. The van der Waals surface area contributed by atoms with Crippen LogP contribution < -0.4 is 5.32 Å². The Kier molecular flexibility index (Phi) is 7.54. The summed E-state index contributed by atoms with van der Waals surface area (Å²) in [5.41, 5.74) is 0. The van der Waals surface area contributed by atoms with E-state index in [4.69, 9.17) is 14.2 Å². The van der Waals surface area contributed by atoms with Gasteiger partial charge in [-0.2, -0.15) is 0 Å². The van der Waals surface area contributed by atoms with Crippen molar-refractivity contribution in [2.24, 2.45) is 0 Å². The summed E-state index contributed by atoms with van der Waals surface area (Å²) in [7, 11) is 2.97. The third kappa shape index (κ3) is 4.95. The Labute approximate surface area is 150 Å². The molecule has 0 bridgehead atoms. The Bertz CT molecular complexity index is 562. The highest BCUT2D eigenvalue weighted by Crippen LogP contribution is 2.30. The molecule has 2 unspecified atom stereocenters. The summed E-state index contributed by atoms with van der Waals surface area (Å²) in [6.45, 7) is 2.95. The van der Waals surface area contributed by atoms with Gasteiger partial charge in [-0.05, 0) is 31.9 Å². The number of esters is 2. The van der Waals surface area contributed by atoms with E-state index < -0.39 is 0 Å². The Morgan fingerprint density at radius 2 is 2.12 bits per heavy atom. The number of thiophene rings is 1. The van der Waals surface area contributed by atoms with Gasteiger partial charge >= 0.3 is 11.9 Å². The van der Waals surface area contributed by atoms with Gasteiger partial charge in [0.2, 0.25) is 0 Å². The molecular formula is C16H23NO5S2. The number of carbonyl (C=O) groups excluding carboxylic acids is 2. The van der Waals surface area contributed by atoms with Gasteiger partial charge in [0.1, 0.15) is 16.4 Å². The van der Waals surface area contributed by atoms with Gasteiger partial charge in [0.15, 0.2) is 0 Å².